The van der Waals surface area contributed by atoms with Gasteiger partial charge in [0, 0.05) is 19.3 Å². The first kappa shape index (κ1) is 76.4. The van der Waals surface area contributed by atoms with Crippen LogP contribution in [0.3, 0.4) is 0 Å². The molecule has 0 saturated heterocycles. The maximum absolute atomic E-state index is 12.9. The molecule has 6 heteroatoms. The van der Waals surface area contributed by atoms with E-state index in [4.69, 9.17) is 14.2 Å². The molecule has 0 fully saturated rings. The van der Waals surface area contributed by atoms with Crippen LogP contribution in [0.5, 0.6) is 0 Å². The van der Waals surface area contributed by atoms with E-state index in [9.17, 15) is 14.4 Å². The summed E-state index contributed by atoms with van der Waals surface area (Å²) in [7, 11) is 0. The zero-order chi connectivity index (χ0) is 57.1. The first-order chi connectivity index (χ1) is 39.0. The fourth-order valence-electron chi connectivity index (χ4n) is 10.5. The van der Waals surface area contributed by atoms with Gasteiger partial charge in [-0.2, -0.15) is 0 Å². The van der Waals surface area contributed by atoms with Crippen LogP contribution in [0.2, 0.25) is 0 Å². The highest BCUT2D eigenvalue weighted by Gasteiger charge is 2.19. The van der Waals surface area contributed by atoms with Crippen LogP contribution in [0.15, 0.2) is 48.6 Å². The van der Waals surface area contributed by atoms with Crippen molar-refractivity contribution in [2.24, 2.45) is 0 Å². The quantitative estimate of drug-likeness (QED) is 0.0261. The summed E-state index contributed by atoms with van der Waals surface area (Å²) in [5.74, 6) is -0.866. The molecule has 1 atom stereocenters. The molecule has 0 aliphatic carbocycles. The molecule has 0 bridgehead atoms. The van der Waals surface area contributed by atoms with E-state index in [0.717, 1.165) is 89.9 Å². The van der Waals surface area contributed by atoms with Crippen LogP contribution in [0.4, 0.5) is 0 Å². The predicted molar refractivity (Wildman–Crippen MR) is 344 cm³/mol. The van der Waals surface area contributed by atoms with Crippen molar-refractivity contribution in [3.8, 4) is 0 Å². The lowest BCUT2D eigenvalue weighted by molar-refractivity contribution is -0.167. The number of carbonyl (C=O) groups excluding carboxylic acids is 3. The molecule has 0 radical (unpaired) electrons. The molecule has 0 aromatic heterocycles. The van der Waals surface area contributed by atoms with E-state index in [2.05, 4.69) is 69.4 Å². The Morgan fingerprint density at radius 1 is 0.253 bits per heavy atom. The van der Waals surface area contributed by atoms with Gasteiger partial charge in [-0.3, -0.25) is 14.4 Å². The van der Waals surface area contributed by atoms with Crippen LogP contribution in [0, 0.1) is 0 Å². The smallest absolute Gasteiger partial charge is 0.306 e. The van der Waals surface area contributed by atoms with E-state index >= 15 is 0 Å². The fourth-order valence-corrected chi connectivity index (χ4v) is 10.5. The summed E-state index contributed by atoms with van der Waals surface area (Å²) in [5, 5.41) is 0. The Balaban J connectivity index is 4.02. The average molecular weight is 1110 g/mol. The molecule has 0 N–H and O–H groups in total. The zero-order valence-electron chi connectivity index (χ0n) is 53.2. The first-order valence-electron chi connectivity index (χ1n) is 35.1. The molecule has 0 aliphatic rings. The number of unbranched alkanes of at least 4 members (excludes halogenated alkanes) is 46. The number of ether oxygens (including phenoxy) is 3. The fraction of sp³-hybridized carbons (Fsp3) is 0.849. The first-order valence-corrected chi connectivity index (χ1v) is 35.1. The third-order valence-electron chi connectivity index (χ3n) is 15.8. The molecular weight excluding hydrogens is 973 g/mol. The van der Waals surface area contributed by atoms with Gasteiger partial charge in [0.25, 0.3) is 0 Å². The Morgan fingerprint density at radius 2 is 0.456 bits per heavy atom. The number of carbonyl (C=O) groups is 3. The second-order valence-electron chi connectivity index (χ2n) is 23.8. The number of esters is 3. The third kappa shape index (κ3) is 66.1. The monoisotopic (exact) mass is 1110 g/mol. The molecule has 0 aromatic rings. The van der Waals surface area contributed by atoms with Crippen molar-refractivity contribution in [2.45, 2.75) is 386 Å². The highest BCUT2D eigenvalue weighted by Crippen LogP contribution is 2.18. The number of hydrogen-bond acceptors (Lipinski definition) is 6. The highest BCUT2D eigenvalue weighted by atomic mass is 16.6. The standard InChI is InChI=1S/C73H134O6/c1-4-7-10-13-16-19-22-24-26-28-29-30-31-32-33-34-35-36-37-38-39-40-41-42-43-44-45-46-48-49-51-54-57-60-63-66-72(75)78-69-70(68-77-71(74)65-62-59-56-53-21-18-15-12-9-6-3)79-73(76)67-64-61-58-55-52-50-47-27-25-23-20-17-14-11-8-5-2/h20,22-24,27-29,47,70H,4-19,21,25-26,30-46,48-69H2,1-3H3/b23-20-,24-22-,29-28-,47-27-. The lowest BCUT2D eigenvalue weighted by atomic mass is 10.0. The molecule has 0 aromatic carbocycles. The van der Waals surface area contributed by atoms with Crippen LogP contribution in [0.1, 0.15) is 380 Å². The Kier molecular flexibility index (Phi) is 65.6. The Labute approximate surface area is 492 Å². The van der Waals surface area contributed by atoms with E-state index in [0.29, 0.717) is 19.3 Å². The molecule has 0 saturated carbocycles. The summed E-state index contributed by atoms with van der Waals surface area (Å²) < 4.78 is 16.9. The summed E-state index contributed by atoms with van der Waals surface area (Å²) in [6.45, 7) is 6.64. The normalized spacial score (nSPS) is 12.3. The minimum absolute atomic E-state index is 0.0735. The lowest BCUT2D eigenvalue weighted by Crippen LogP contribution is -2.30. The highest BCUT2D eigenvalue weighted by molar-refractivity contribution is 5.71. The van der Waals surface area contributed by atoms with Gasteiger partial charge >= 0.3 is 17.9 Å². The summed E-state index contributed by atoms with van der Waals surface area (Å²) >= 11 is 0. The molecule has 462 valence electrons. The maximum atomic E-state index is 12.9. The Morgan fingerprint density at radius 3 is 0.709 bits per heavy atom. The van der Waals surface area contributed by atoms with Crippen LogP contribution in [-0.4, -0.2) is 37.2 Å². The molecular formula is C73H134O6. The molecule has 6 nitrogen and oxygen atoms in total. The van der Waals surface area contributed by atoms with Crippen LogP contribution in [0.25, 0.3) is 0 Å². The summed E-state index contributed by atoms with van der Waals surface area (Å²) in [4.78, 5) is 38.2. The largest absolute Gasteiger partial charge is 0.462 e. The molecule has 0 aliphatic heterocycles. The minimum Gasteiger partial charge on any atom is -0.462 e. The van der Waals surface area contributed by atoms with E-state index in [1.807, 2.05) is 0 Å². The lowest BCUT2D eigenvalue weighted by Gasteiger charge is -2.18. The third-order valence-corrected chi connectivity index (χ3v) is 15.8. The second kappa shape index (κ2) is 67.9. The van der Waals surface area contributed by atoms with E-state index in [1.165, 1.54) is 250 Å². The molecule has 0 rings (SSSR count). The summed E-state index contributed by atoms with van der Waals surface area (Å²) in [6, 6.07) is 0. The van der Waals surface area contributed by atoms with E-state index in [1.54, 1.807) is 0 Å². The molecule has 0 spiro atoms. The topological polar surface area (TPSA) is 78.9 Å². The van der Waals surface area contributed by atoms with Crippen molar-refractivity contribution in [1.29, 1.82) is 0 Å². The van der Waals surface area contributed by atoms with Gasteiger partial charge in [-0.1, -0.05) is 326 Å². The summed E-state index contributed by atoms with van der Waals surface area (Å²) in [6.07, 6.45) is 85.9. The van der Waals surface area contributed by atoms with Gasteiger partial charge in [-0.05, 0) is 83.5 Å². The Hall–Kier alpha value is -2.63. The van der Waals surface area contributed by atoms with Crippen LogP contribution in [-0.2, 0) is 28.6 Å². The van der Waals surface area contributed by atoms with Gasteiger partial charge < -0.3 is 14.2 Å². The van der Waals surface area contributed by atoms with Crippen molar-refractivity contribution in [3.63, 3.8) is 0 Å². The number of allylic oxidation sites excluding steroid dienone is 8. The van der Waals surface area contributed by atoms with Crippen LogP contribution >= 0.6 is 0 Å². The summed E-state index contributed by atoms with van der Waals surface area (Å²) in [5.41, 5.74) is 0. The van der Waals surface area contributed by atoms with Crippen molar-refractivity contribution < 1.29 is 28.6 Å². The van der Waals surface area contributed by atoms with Crippen molar-refractivity contribution in [1.82, 2.24) is 0 Å². The maximum Gasteiger partial charge on any atom is 0.306 e. The van der Waals surface area contributed by atoms with Gasteiger partial charge in [0.1, 0.15) is 13.2 Å². The predicted octanol–water partition coefficient (Wildman–Crippen LogP) is 24.1. The number of hydrogen-bond donors (Lipinski definition) is 0. The minimum atomic E-state index is -0.776. The van der Waals surface area contributed by atoms with Crippen molar-refractivity contribution in [3.05, 3.63) is 48.6 Å². The number of rotatable bonds is 65. The molecule has 0 amide bonds. The SMILES string of the molecule is CCCCCC/C=C\C/C=C\CCCCCCCC(=O)OC(COC(=O)CCCCCCCCCCCC)COC(=O)CCCCCCCCCCCCCCCCCCCCCCCCC/C=C\C/C=C\CCCCCCC. The van der Waals surface area contributed by atoms with Gasteiger partial charge in [0.2, 0.25) is 0 Å². The van der Waals surface area contributed by atoms with E-state index in [-0.39, 0.29) is 31.1 Å². The zero-order valence-corrected chi connectivity index (χ0v) is 53.2. The Bertz CT molecular complexity index is 1360. The van der Waals surface area contributed by atoms with E-state index < -0.39 is 6.10 Å². The van der Waals surface area contributed by atoms with Crippen LogP contribution < -0.4 is 0 Å². The van der Waals surface area contributed by atoms with Gasteiger partial charge in [0.05, 0.1) is 0 Å². The van der Waals surface area contributed by atoms with Gasteiger partial charge in [0.15, 0.2) is 6.10 Å². The van der Waals surface area contributed by atoms with Gasteiger partial charge in [-0.25, -0.2) is 0 Å². The molecule has 1 unspecified atom stereocenters. The van der Waals surface area contributed by atoms with Crippen molar-refractivity contribution >= 4 is 17.9 Å². The van der Waals surface area contributed by atoms with Crippen molar-refractivity contribution in [2.75, 3.05) is 13.2 Å². The molecule has 79 heavy (non-hydrogen) atoms. The average Bonchev–Trinajstić information content (AvgIpc) is 3.45. The second-order valence-corrected chi connectivity index (χ2v) is 23.8. The molecule has 0 heterocycles. The van der Waals surface area contributed by atoms with Gasteiger partial charge in [-0.15, -0.1) is 0 Å².